The van der Waals surface area contributed by atoms with E-state index < -0.39 is 11.7 Å². The van der Waals surface area contributed by atoms with Gasteiger partial charge in [-0.1, -0.05) is 18.2 Å². The van der Waals surface area contributed by atoms with Gasteiger partial charge < -0.3 is 0 Å². The summed E-state index contributed by atoms with van der Waals surface area (Å²) in [6.07, 6.45) is -2.81. The van der Waals surface area contributed by atoms with Gasteiger partial charge in [0.15, 0.2) is 6.29 Å². The lowest BCUT2D eigenvalue weighted by molar-refractivity contribution is -0.137. The summed E-state index contributed by atoms with van der Waals surface area (Å²) in [4.78, 5) is 10.8. The number of carbonyl (C=O) groups is 1. The highest BCUT2D eigenvalue weighted by Crippen LogP contribution is 2.33. The molecule has 0 aliphatic carbocycles. The van der Waals surface area contributed by atoms with Gasteiger partial charge in [0.05, 0.1) is 23.0 Å². The van der Waals surface area contributed by atoms with E-state index in [1.807, 2.05) is 12.1 Å². The zero-order valence-corrected chi connectivity index (χ0v) is 10.6. The average Bonchev–Trinajstić information content (AvgIpc) is 2.89. The Balaban J connectivity index is 2.22. The van der Waals surface area contributed by atoms with Gasteiger partial charge in [0.1, 0.15) is 0 Å². The molecule has 0 bridgehead atoms. The average molecular weight is 290 g/mol. The highest BCUT2D eigenvalue weighted by atomic mass is 19.4. The van der Waals surface area contributed by atoms with E-state index in [1.54, 1.807) is 18.3 Å². The number of rotatable bonds is 2. The van der Waals surface area contributed by atoms with Crippen molar-refractivity contribution in [2.75, 3.05) is 0 Å². The minimum Gasteiger partial charge on any atom is -0.298 e. The van der Waals surface area contributed by atoms with E-state index in [4.69, 9.17) is 0 Å². The third-order valence-corrected chi connectivity index (χ3v) is 3.19. The van der Waals surface area contributed by atoms with Crippen LogP contribution in [0.2, 0.25) is 0 Å². The van der Waals surface area contributed by atoms with Crippen LogP contribution in [0.3, 0.4) is 0 Å². The fourth-order valence-corrected chi connectivity index (χ4v) is 2.20. The molecule has 21 heavy (non-hydrogen) atoms. The van der Waals surface area contributed by atoms with Gasteiger partial charge in [0.2, 0.25) is 0 Å². The third-order valence-electron chi connectivity index (χ3n) is 3.19. The summed E-state index contributed by atoms with van der Waals surface area (Å²) >= 11 is 0. The van der Waals surface area contributed by atoms with E-state index in [0.717, 1.165) is 17.5 Å². The minimum atomic E-state index is -4.59. The highest BCUT2D eigenvalue weighted by Gasteiger charge is 2.33. The lowest BCUT2D eigenvalue weighted by atomic mass is 10.1. The summed E-state index contributed by atoms with van der Waals surface area (Å²) in [6.45, 7) is 0. The van der Waals surface area contributed by atoms with Gasteiger partial charge in [0, 0.05) is 10.9 Å². The molecule has 0 amide bonds. The Labute approximate surface area is 117 Å². The highest BCUT2D eigenvalue weighted by molar-refractivity contribution is 5.81. The number of para-hydroxylation sites is 1. The Hall–Kier alpha value is -2.63. The SMILES string of the molecule is O=Cc1ccc(-n2ncc3ccccc32)cc1C(F)(F)F. The number of fused-ring (bicyclic) bond motifs is 1. The number of aldehydes is 1. The fourth-order valence-electron chi connectivity index (χ4n) is 2.20. The van der Waals surface area contributed by atoms with E-state index in [2.05, 4.69) is 5.10 Å². The lowest BCUT2D eigenvalue weighted by Gasteiger charge is -2.12. The van der Waals surface area contributed by atoms with Crippen molar-refractivity contribution in [2.24, 2.45) is 0 Å². The maximum Gasteiger partial charge on any atom is 0.417 e. The van der Waals surface area contributed by atoms with E-state index >= 15 is 0 Å². The van der Waals surface area contributed by atoms with Crippen molar-refractivity contribution >= 4 is 17.2 Å². The van der Waals surface area contributed by atoms with Gasteiger partial charge in [-0.25, -0.2) is 4.68 Å². The molecular weight excluding hydrogens is 281 g/mol. The number of halogens is 3. The molecule has 3 aromatic rings. The van der Waals surface area contributed by atoms with Crippen LogP contribution in [0.4, 0.5) is 13.2 Å². The van der Waals surface area contributed by atoms with Crippen LogP contribution in [0.25, 0.3) is 16.6 Å². The van der Waals surface area contributed by atoms with Gasteiger partial charge in [0.25, 0.3) is 0 Å². The zero-order chi connectivity index (χ0) is 15.0. The van der Waals surface area contributed by atoms with Crippen LogP contribution in [0.5, 0.6) is 0 Å². The maximum atomic E-state index is 13.0. The minimum absolute atomic E-state index is 0.202. The molecule has 0 unspecified atom stereocenters. The maximum absolute atomic E-state index is 13.0. The standard InChI is InChI=1S/C15H9F3N2O/c16-15(17,18)13-7-12(6-5-11(13)9-21)20-14-4-2-1-3-10(14)8-19-20/h1-9H. The Morgan fingerprint density at radius 1 is 1.10 bits per heavy atom. The van der Waals surface area contributed by atoms with Crippen LogP contribution in [-0.4, -0.2) is 16.1 Å². The summed E-state index contributed by atoms with van der Waals surface area (Å²) in [7, 11) is 0. The third kappa shape index (κ3) is 2.29. The summed E-state index contributed by atoms with van der Waals surface area (Å²) in [6, 6.07) is 10.7. The summed E-state index contributed by atoms with van der Waals surface area (Å²) in [5.41, 5.74) is -0.393. The second-order valence-corrected chi connectivity index (χ2v) is 4.50. The van der Waals surface area contributed by atoms with Crippen LogP contribution in [0.15, 0.2) is 48.7 Å². The van der Waals surface area contributed by atoms with Crippen LogP contribution < -0.4 is 0 Å². The van der Waals surface area contributed by atoms with E-state index in [-0.39, 0.29) is 17.5 Å². The zero-order valence-electron chi connectivity index (χ0n) is 10.6. The number of carbonyl (C=O) groups excluding carboxylic acids is 1. The molecule has 1 aromatic heterocycles. The molecule has 1 heterocycles. The summed E-state index contributed by atoms with van der Waals surface area (Å²) in [5.74, 6) is 0. The second-order valence-electron chi connectivity index (χ2n) is 4.50. The quantitative estimate of drug-likeness (QED) is 0.672. The first-order chi connectivity index (χ1) is 10.0. The number of hydrogen-bond donors (Lipinski definition) is 0. The first-order valence-electron chi connectivity index (χ1n) is 6.10. The summed E-state index contributed by atoms with van der Waals surface area (Å²) in [5, 5.41) is 4.93. The van der Waals surface area contributed by atoms with Gasteiger partial charge >= 0.3 is 6.18 Å². The molecule has 0 saturated heterocycles. The molecule has 0 atom stereocenters. The predicted octanol–water partition coefficient (Wildman–Crippen LogP) is 3.86. The predicted molar refractivity (Wildman–Crippen MR) is 71.5 cm³/mol. The Kier molecular flexibility index (Phi) is 3.01. The van der Waals surface area contributed by atoms with E-state index in [1.165, 1.54) is 10.7 Å². The van der Waals surface area contributed by atoms with E-state index in [0.29, 0.717) is 5.52 Å². The Morgan fingerprint density at radius 2 is 1.86 bits per heavy atom. The van der Waals surface area contributed by atoms with Gasteiger partial charge in [-0.15, -0.1) is 0 Å². The number of hydrogen-bond acceptors (Lipinski definition) is 2. The molecule has 0 aliphatic rings. The molecular formula is C15H9F3N2O. The molecule has 0 spiro atoms. The van der Waals surface area contributed by atoms with Crippen LogP contribution in [-0.2, 0) is 6.18 Å². The number of alkyl halides is 3. The number of nitrogens with zero attached hydrogens (tertiary/aromatic N) is 2. The van der Waals surface area contributed by atoms with E-state index in [9.17, 15) is 18.0 Å². The van der Waals surface area contributed by atoms with Gasteiger partial charge in [-0.05, 0) is 24.3 Å². The van der Waals surface area contributed by atoms with Crippen LogP contribution >= 0.6 is 0 Å². The van der Waals surface area contributed by atoms with Gasteiger partial charge in [-0.3, -0.25) is 4.79 Å². The molecule has 106 valence electrons. The summed E-state index contributed by atoms with van der Waals surface area (Å²) < 4.78 is 40.4. The lowest BCUT2D eigenvalue weighted by Crippen LogP contribution is -2.10. The molecule has 2 aromatic carbocycles. The van der Waals surface area contributed by atoms with Crippen LogP contribution in [0.1, 0.15) is 15.9 Å². The van der Waals surface area contributed by atoms with Crippen molar-refractivity contribution in [1.82, 2.24) is 9.78 Å². The van der Waals surface area contributed by atoms with Crippen molar-refractivity contribution in [3.05, 3.63) is 59.8 Å². The smallest absolute Gasteiger partial charge is 0.298 e. The largest absolute Gasteiger partial charge is 0.417 e. The van der Waals surface area contributed by atoms with Crippen molar-refractivity contribution < 1.29 is 18.0 Å². The first kappa shape index (κ1) is 13.4. The molecule has 0 fully saturated rings. The molecule has 0 saturated carbocycles. The Morgan fingerprint density at radius 3 is 2.57 bits per heavy atom. The van der Waals surface area contributed by atoms with Crippen molar-refractivity contribution in [3.63, 3.8) is 0 Å². The van der Waals surface area contributed by atoms with Crippen molar-refractivity contribution in [3.8, 4) is 5.69 Å². The topological polar surface area (TPSA) is 34.9 Å². The number of aromatic nitrogens is 2. The second kappa shape index (κ2) is 4.73. The fraction of sp³-hybridized carbons (Fsp3) is 0.0667. The molecule has 3 rings (SSSR count). The molecule has 0 N–H and O–H groups in total. The van der Waals surface area contributed by atoms with Crippen molar-refractivity contribution in [1.29, 1.82) is 0 Å². The molecule has 6 heteroatoms. The van der Waals surface area contributed by atoms with Crippen LogP contribution in [0, 0.1) is 0 Å². The van der Waals surface area contributed by atoms with Gasteiger partial charge in [-0.2, -0.15) is 18.3 Å². The van der Waals surface area contributed by atoms with Crippen molar-refractivity contribution in [2.45, 2.75) is 6.18 Å². The monoisotopic (exact) mass is 290 g/mol. The number of benzene rings is 2. The first-order valence-corrected chi connectivity index (χ1v) is 6.10. The molecule has 0 radical (unpaired) electrons. The molecule has 0 aliphatic heterocycles. The normalized spacial score (nSPS) is 11.8. The Bertz CT molecular complexity index is 821. The molecule has 3 nitrogen and oxygen atoms in total.